The summed E-state index contributed by atoms with van der Waals surface area (Å²) in [5.41, 5.74) is -0.543. The molecule has 2 aromatic rings. The van der Waals surface area contributed by atoms with Gasteiger partial charge in [0.2, 0.25) is 5.60 Å². The number of thioether (sulfide) groups is 1. The number of carboxylic acid groups (broad SMARTS) is 2. The molecule has 0 bridgehead atoms. The summed E-state index contributed by atoms with van der Waals surface area (Å²) >= 11 is 2.32. The van der Waals surface area contributed by atoms with Crippen molar-refractivity contribution in [3.8, 4) is 0 Å². The predicted octanol–water partition coefficient (Wildman–Crippen LogP) is 0.602. The quantitative estimate of drug-likeness (QED) is 0.0375. The lowest BCUT2D eigenvalue weighted by Crippen LogP contribution is -2.71. The number of ether oxygens (including phenoxy) is 6. The first-order chi connectivity index (χ1) is 41.4. The van der Waals surface area contributed by atoms with Gasteiger partial charge in [0, 0.05) is 66.9 Å². The minimum atomic E-state index is -1.80. The van der Waals surface area contributed by atoms with E-state index in [-0.39, 0.29) is 66.1 Å². The highest BCUT2D eigenvalue weighted by Crippen LogP contribution is 2.42. The number of pyridine rings is 1. The van der Waals surface area contributed by atoms with E-state index in [1.54, 1.807) is 70.6 Å². The van der Waals surface area contributed by atoms with E-state index in [0.717, 1.165) is 16.2 Å². The van der Waals surface area contributed by atoms with Gasteiger partial charge in [-0.15, -0.1) is 23.1 Å². The highest BCUT2D eigenvalue weighted by atomic mass is 32.2. The van der Waals surface area contributed by atoms with Gasteiger partial charge >= 0.3 is 11.9 Å². The Morgan fingerprint density at radius 3 is 2.22 bits per heavy atom. The third kappa shape index (κ3) is 16.8. The minimum absolute atomic E-state index is 0.0265. The molecule has 4 saturated heterocycles. The summed E-state index contributed by atoms with van der Waals surface area (Å²) in [6.45, 7) is 20.8. The molecular formula is C60H94N8O19S2. The average Bonchev–Trinajstić information content (AvgIpc) is 0.811. The molecule has 0 spiro atoms. The fraction of sp³-hybridized carbons (Fsp3) is 0.733. The van der Waals surface area contributed by atoms with Gasteiger partial charge in [-0.25, -0.2) is 14.3 Å². The van der Waals surface area contributed by atoms with Crippen molar-refractivity contribution in [3.63, 3.8) is 0 Å². The average molecular weight is 1300 g/mol. The Morgan fingerprint density at radius 2 is 1.65 bits per heavy atom. The van der Waals surface area contributed by atoms with E-state index in [1.165, 1.54) is 45.0 Å². The number of anilines is 1. The molecule has 5 aliphatic heterocycles. The van der Waals surface area contributed by atoms with Crippen molar-refractivity contribution in [2.45, 2.75) is 223 Å². The molecule has 7 heterocycles. The zero-order valence-electron chi connectivity index (χ0n) is 53.8. The van der Waals surface area contributed by atoms with Gasteiger partial charge in [0.1, 0.15) is 47.1 Å². The van der Waals surface area contributed by atoms with Crippen LogP contribution < -0.4 is 20.7 Å². The third-order valence-electron chi connectivity index (χ3n) is 17.7. The number of aliphatic hydroxyl groups is 5. The Kier molecular flexibility index (Phi) is 24.4. The van der Waals surface area contributed by atoms with Crippen molar-refractivity contribution in [2.24, 2.45) is 22.9 Å². The van der Waals surface area contributed by atoms with Crippen LogP contribution in [0, 0.1) is 17.8 Å². The van der Waals surface area contributed by atoms with Crippen LogP contribution in [0.5, 0.6) is 0 Å². The smallest absolute Gasteiger partial charge is 0.350 e. The van der Waals surface area contributed by atoms with Gasteiger partial charge in [0.15, 0.2) is 42.4 Å². The number of oxime groups is 1. The van der Waals surface area contributed by atoms with Crippen molar-refractivity contribution in [1.29, 1.82) is 0 Å². The lowest BCUT2D eigenvalue weighted by Gasteiger charge is -2.50. The maximum atomic E-state index is 14.2. The zero-order valence-corrected chi connectivity index (χ0v) is 55.4. The normalized spacial score (nSPS) is 37.2. The van der Waals surface area contributed by atoms with Crippen molar-refractivity contribution < 1.29 is 97.5 Å². The summed E-state index contributed by atoms with van der Waals surface area (Å²) < 4.78 is 39.3. The Hall–Kier alpha value is -4.99. The number of likely N-dealkylation sites (N-methyl/N-ethyl adjacent to an activating group) is 2. The van der Waals surface area contributed by atoms with E-state index in [2.05, 4.69) is 15.5 Å². The number of nitrogen functional groups attached to an aromatic ring is 1. The van der Waals surface area contributed by atoms with Crippen molar-refractivity contribution in [2.75, 3.05) is 46.3 Å². The molecular weight excluding hydrogens is 1200 g/mol. The molecule has 20 atom stereocenters. The number of rotatable bonds is 16. The fourth-order valence-corrected chi connectivity index (χ4v) is 14.2. The number of aromatic nitrogens is 2. The number of fused-ring (bicyclic) bond motifs is 1. The van der Waals surface area contributed by atoms with Crippen LogP contribution in [0.2, 0.25) is 0 Å². The van der Waals surface area contributed by atoms with Crippen LogP contribution in [0.4, 0.5) is 5.13 Å². The van der Waals surface area contributed by atoms with E-state index >= 15 is 0 Å². The van der Waals surface area contributed by atoms with Crippen LogP contribution >= 0.6 is 23.1 Å². The molecule has 0 aliphatic carbocycles. The van der Waals surface area contributed by atoms with Crippen molar-refractivity contribution >= 4 is 63.7 Å². The lowest BCUT2D eigenvalue weighted by molar-refractivity contribution is -0.689. The Bertz CT molecular complexity index is 2840. The van der Waals surface area contributed by atoms with Gasteiger partial charge in [0.05, 0.1) is 53.2 Å². The predicted molar refractivity (Wildman–Crippen MR) is 324 cm³/mol. The number of cyclic esters (lactones) is 1. The number of aliphatic hydroxyl groups excluding tert-OH is 3. The van der Waals surface area contributed by atoms with Crippen LogP contribution in [-0.4, -0.2) is 234 Å². The number of aliphatic carboxylic acids is 2. The third-order valence-corrected chi connectivity index (χ3v) is 19.8. The minimum Gasteiger partial charge on any atom is -0.543 e. The number of methoxy groups -OCH3 is 1. The van der Waals surface area contributed by atoms with E-state index in [4.69, 9.17) is 39.0 Å². The molecule has 4 fully saturated rings. The van der Waals surface area contributed by atoms with Gasteiger partial charge in [-0.05, 0) is 109 Å². The lowest BCUT2D eigenvalue weighted by atomic mass is 9.77. The molecule has 7 rings (SSSR count). The van der Waals surface area contributed by atoms with Gasteiger partial charge in [-0.3, -0.25) is 19.3 Å². The Balaban J connectivity index is 0.000000299. The number of carboxylic acids is 2. The molecule has 27 nitrogen and oxygen atoms in total. The molecule has 500 valence electrons. The molecule has 0 saturated carbocycles. The van der Waals surface area contributed by atoms with E-state index in [9.17, 15) is 59.7 Å². The SMILES string of the molecule is CC(C)(O/N=C(\C(=O)N[C@@H]1C(=O)N2C(C(=O)[O-])=C(C[n+]3ccccc3)CS[C@H]12)c1csc(N)n1)C(=O)O.CC[C@H]1OC(=O)[C@H](C)[C@@H](O[C@H]2C[C@@](C)(OC)[C@@H](O)[C@H](C)O2)[C@H](C)[C@@H](O[C@@H]2O[C@H](C)C[C@H](N(C)C)[C@H]2O)[C@](C)(O)C[C@@H](C)CN(C)[C@H](C)[C@@H](O)[C@]1(C)O. The second-order valence-electron chi connectivity index (χ2n) is 25.7. The summed E-state index contributed by atoms with van der Waals surface area (Å²) in [5, 5.41) is 86.5. The van der Waals surface area contributed by atoms with Crippen LogP contribution in [0.15, 0.2) is 52.4 Å². The maximum Gasteiger partial charge on any atom is 0.350 e. The first-order valence-corrected chi connectivity index (χ1v) is 31.9. The number of hydrogen-bond donors (Lipinski definition) is 8. The largest absolute Gasteiger partial charge is 0.543 e. The number of nitrogens with zero attached hydrogens (tertiary/aromatic N) is 6. The number of nitrogens with two attached hydrogens (primary N) is 1. The first kappa shape index (κ1) is 73.1. The standard InChI is InChI=1S/C38H72N2O12.C22H22N6O7S2/c1-15-27-38(10,46)31(42)24(6)40(13)19-20(2)17-36(8,45)33(52-35-29(41)26(39(11)12)16-21(3)48-35)22(4)30(23(5)34(44)50-27)51-28-18-37(9,47-14)32(43)25(7)49-28;1-22(2,20(33)34)35-26-13(12-10-37-21(23)24-12)16(29)25-14-17(30)28-15(19(31)32)11(9-36-18(14)28)8-27-6-4-3-5-7-27/h20-33,35,41-43,45-46H,15-19H2,1-14H3;3-7,10,14,18H,8-9H2,1-2H3,(H4-,23,24,25,29,31,32,33,34)/b;26-13-/t20-,21-,22+,23-,24-,25+,26+,27-,28+,29-,30+,31-,32+,33-,35+,36-,37-,38-;14-,18-/m11/s1. The van der Waals surface area contributed by atoms with Crippen molar-refractivity contribution in [1.82, 2.24) is 25.0 Å². The van der Waals surface area contributed by atoms with Crippen molar-refractivity contribution in [3.05, 3.63) is 52.9 Å². The van der Waals surface area contributed by atoms with Gasteiger partial charge in [-0.2, -0.15) is 0 Å². The number of hydrogen-bond acceptors (Lipinski definition) is 25. The monoisotopic (exact) mass is 1290 g/mol. The highest BCUT2D eigenvalue weighted by molar-refractivity contribution is 8.00. The molecule has 9 N–H and O–H groups in total. The Labute approximate surface area is 528 Å². The molecule has 0 aromatic carbocycles. The maximum absolute atomic E-state index is 14.2. The van der Waals surface area contributed by atoms with Gasteiger partial charge in [-0.1, -0.05) is 32.0 Å². The molecule has 5 aliphatic rings. The van der Waals surface area contributed by atoms with Crippen LogP contribution in [0.1, 0.15) is 114 Å². The summed E-state index contributed by atoms with van der Waals surface area (Å²) in [4.78, 5) is 77.7. The Morgan fingerprint density at radius 1 is 1.00 bits per heavy atom. The first-order valence-electron chi connectivity index (χ1n) is 30.0. The topological polar surface area (TPSA) is 371 Å². The number of amides is 2. The number of carbonyl (C=O) groups is 5. The summed E-state index contributed by atoms with van der Waals surface area (Å²) in [5.74, 6) is -6.59. The fourth-order valence-electron chi connectivity index (χ4n) is 12.3. The van der Waals surface area contributed by atoms with Crippen LogP contribution in [-0.2, 0) is 63.8 Å². The molecule has 0 radical (unpaired) electrons. The molecule has 0 unspecified atom stereocenters. The molecule has 2 amide bonds. The van der Waals surface area contributed by atoms with E-state index < -0.39 is 137 Å². The van der Waals surface area contributed by atoms with Crippen LogP contribution in [0.3, 0.4) is 0 Å². The highest BCUT2D eigenvalue weighted by Gasteiger charge is 2.55. The van der Waals surface area contributed by atoms with Crippen LogP contribution in [0.25, 0.3) is 0 Å². The summed E-state index contributed by atoms with van der Waals surface area (Å²) in [6, 6.07) is 3.56. The molecule has 89 heavy (non-hydrogen) atoms. The number of β-lactam (4-membered cyclic amide) rings is 1. The van der Waals surface area contributed by atoms with E-state index in [1.807, 2.05) is 57.8 Å². The number of nitrogens with one attached hydrogen (secondary N) is 1. The molecule has 2 aromatic heterocycles. The summed E-state index contributed by atoms with van der Waals surface area (Å²) in [7, 11) is 7.12. The van der Waals surface area contributed by atoms with Gasteiger partial charge < -0.3 is 94.6 Å². The number of thiazole rings is 1. The van der Waals surface area contributed by atoms with Gasteiger partial charge in [0.25, 0.3) is 11.8 Å². The zero-order chi connectivity index (χ0) is 66.6. The summed E-state index contributed by atoms with van der Waals surface area (Å²) in [6.07, 6.45) is -4.64. The second kappa shape index (κ2) is 29.7. The number of carbonyl (C=O) groups excluding carboxylic acids is 4. The van der Waals surface area contributed by atoms with E-state index in [0.29, 0.717) is 24.3 Å². The second-order valence-corrected chi connectivity index (χ2v) is 27.7. The number of esters is 1. The molecule has 29 heteroatoms.